The van der Waals surface area contributed by atoms with Gasteiger partial charge in [0.1, 0.15) is 0 Å². The largest absolute Gasteiger partial charge is 0.381 e. The van der Waals surface area contributed by atoms with Gasteiger partial charge in [0.2, 0.25) is 10.0 Å². The maximum atomic E-state index is 12.2. The van der Waals surface area contributed by atoms with Crippen molar-refractivity contribution in [3.8, 4) is 0 Å². The molecule has 1 spiro atoms. The molecular weight excluding hydrogens is 348 g/mol. The molecule has 0 bridgehead atoms. The van der Waals surface area contributed by atoms with Gasteiger partial charge in [-0.25, -0.2) is 13.1 Å². The summed E-state index contributed by atoms with van der Waals surface area (Å²) in [5.74, 6) is 0.819. The van der Waals surface area contributed by atoms with Crippen LogP contribution < -0.4 is 4.72 Å². The van der Waals surface area contributed by atoms with E-state index in [4.69, 9.17) is 4.74 Å². The van der Waals surface area contributed by atoms with Gasteiger partial charge in [0.25, 0.3) is 0 Å². The number of benzene rings is 1. The third kappa shape index (κ3) is 3.57. The van der Waals surface area contributed by atoms with Crippen molar-refractivity contribution >= 4 is 10.0 Å². The van der Waals surface area contributed by atoms with Crippen molar-refractivity contribution in [2.45, 2.75) is 44.1 Å². The molecule has 144 valence electrons. The van der Waals surface area contributed by atoms with Gasteiger partial charge in [0.15, 0.2) is 0 Å². The highest BCUT2D eigenvalue weighted by atomic mass is 32.2. The molecule has 1 aliphatic carbocycles. The van der Waals surface area contributed by atoms with E-state index < -0.39 is 10.0 Å². The Balaban J connectivity index is 1.48. The summed E-state index contributed by atoms with van der Waals surface area (Å²) in [6.45, 7) is 6.85. The van der Waals surface area contributed by atoms with E-state index in [0.717, 1.165) is 52.1 Å². The van der Waals surface area contributed by atoms with Gasteiger partial charge in [-0.2, -0.15) is 0 Å². The van der Waals surface area contributed by atoms with Crippen LogP contribution in [0.2, 0.25) is 0 Å². The van der Waals surface area contributed by atoms with Gasteiger partial charge in [-0.1, -0.05) is 24.3 Å². The predicted octanol–water partition coefficient (Wildman–Crippen LogP) is 2.44. The number of likely N-dealkylation sites (tertiary alicyclic amines) is 1. The van der Waals surface area contributed by atoms with E-state index in [9.17, 15) is 8.42 Å². The highest BCUT2D eigenvalue weighted by molar-refractivity contribution is 7.89. The highest BCUT2D eigenvalue weighted by Crippen LogP contribution is 2.51. The van der Waals surface area contributed by atoms with Crippen LogP contribution in [0.4, 0.5) is 0 Å². The molecule has 1 aromatic rings. The summed E-state index contributed by atoms with van der Waals surface area (Å²) >= 11 is 0. The van der Waals surface area contributed by atoms with E-state index in [1.54, 1.807) is 6.92 Å². The summed E-state index contributed by atoms with van der Waals surface area (Å²) in [6.07, 6.45) is 4.31. The van der Waals surface area contributed by atoms with Crippen molar-refractivity contribution in [1.29, 1.82) is 0 Å². The normalized spacial score (nSPS) is 28.5. The van der Waals surface area contributed by atoms with Crippen LogP contribution in [0, 0.1) is 5.92 Å². The second-order valence-electron chi connectivity index (χ2n) is 8.18. The number of sulfonamides is 1. The summed E-state index contributed by atoms with van der Waals surface area (Å²) in [5.41, 5.74) is 2.68. The van der Waals surface area contributed by atoms with Crippen LogP contribution in [0.5, 0.6) is 0 Å². The molecule has 5 nitrogen and oxygen atoms in total. The average molecular weight is 379 g/mol. The van der Waals surface area contributed by atoms with Crippen LogP contribution in [0.1, 0.15) is 49.8 Å². The number of nitrogens with zero attached hydrogens (tertiary/aromatic N) is 1. The Morgan fingerprint density at radius 2 is 2.04 bits per heavy atom. The van der Waals surface area contributed by atoms with Crippen molar-refractivity contribution in [2.24, 2.45) is 5.92 Å². The minimum absolute atomic E-state index is 0.0778. The minimum atomic E-state index is -3.20. The summed E-state index contributed by atoms with van der Waals surface area (Å²) in [5, 5.41) is 0. The second kappa shape index (κ2) is 7.23. The van der Waals surface area contributed by atoms with Gasteiger partial charge in [0, 0.05) is 19.2 Å². The van der Waals surface area contributed by atoms with Crippen molar-refractivity contribution in [2.75, 3.05) is 38.6 Å². The molecule has 3 aliphatic rings. The monoisotopic (exact) mass is 378 g/mol. The standard InChI is InChI=1S/C20H30N2O3S/c1-2-26(23,24)21-19-13-20(18-6-4-3-5-17(18)19)8-10-22(11-9-20)14-16-7-12-25-15-16/h3-6,16,19,21H,2,7-15H2,1H3/t16-,19+/m0/s1. The number of piperidine rings is 1. The lowest BCUT2D eigenvalue weighted by Gasteiger charge is -2.41. The predicted molar refractivity (Wildman–Crippen MR) is 103 cm³/mol. The first-order chi connectivity index (χ1) is 12.5. The Labute approximate surface area is 157 Å². The van der Waals surface area contributed by atoms with E-state index in [0.29, 0.717) is 5.92 Å². The van der Waals surface area contributed by atoms with Crippen LogP contribution in [0.25, 0.3) is 0 Å². The van der Waals surface area contributed by atoms with Crippen LogP contribution in [-0.2, 0) is 20.2 Å². The maximum absolute atomic E-state index is 12.2. The van der Waals surface area contributed by atoms with Gasteiger partial charge in [-0.05, 0) is 68.2 Å². The number of rotatable bonds is 5. The molecule has 0 aromatic heterocycles. The average Bonchev–Trinajstić information content (AvgIpc) is 3.25. The van der Waals surface area contributed by atoms with E-state index in [-0.39, 0.29) is 17.2 Å². The molecular formula is C20H30N2O3S. The van der Waals surface area contributed by atoms with Crippen LogP contribution >= 0.6 is 0 Å². The minimum Gasteiger partial charge on any atom is -0.381 e. The zero-order valence-electron chi connectivity index (χ0n) is 15.6. The lowest BCUT2D eigenvalue weighted by Crippen LogP contribution is -2.44. The lowest BCUT2D eigenvalue weighted by molar-refractivity contribution is 0.125. The Bertz CT molecular complexity index is 735. The Hall–Kier alpha value is -0.950. The molecule has 0 radical (unpaired) electrons. The highest BCUT2D eigenvalue weighted by Gasteiger charge is 2.46. The van der Waals surface area contributed by atoms with Gasteiger partial charge in [0.05, 0.1) is 12.4 Å². The van der Waals surface area contributed by atoms with Crippen LogP contribution in [-0.4, -0.2) is 51.9 Å². The maximum Gasteiger partial charge on any atom is 0.211 e. The van der Waals surface area contributed by atoms with Gasteiger partial charge in [-0.15, -0.1) is 0 Å². The number of nitrogens with one attached hydrogen (secondary N) is 1. The summed E-state index contributed by atoms with van der Waals surface area (Å²) in [6, 6.07) is 8.37. The number of fused-ring (bicyclic) bond motifs is 2. The first-order valence-corrected chi connectivity index (χ1v) is 11.6. The lowest BCUT2D eigenvalue weighted by atomic mass is 9.73. The summed E-state index contributed by atoms with van der Waals surface area (Å²) in [4.78, 5) is 2.58. The molecule has 4 rings (SSSR count). The Morgan fingerprint density at radius 1 is 1.27 bits per heavy atom. The third-order valence-electron chi connectivity index (χ3n) is 6.56. The molecule has 26 heavy (non-hydrogen) atoms. The quantitative estimate of drug-likeness (QED) is 0.855. The number of ether oxygens (including phenoxy) is 1. The first-order valence-electron chi connectivity index (χ1n) is 9.91. The van der Waals surface area contributed by atoms with Crippen LogP contribution in [0.3, 0.4) is 0 Å². The van der Waals surface area contributed by atoms with Crippen LogP contribution in [0.15, 0.2) is 24.3 Å². The molecule has 2 aliphatic heterocycles. The topological polar surface area (TPSA) is 58.6 Å². The molecule has 0 unspecified atom stereocenters. The van der Waals surface area contributed by atoms with E-state index >= 15 is 0 Å². The molecule has 2 atom stereocenters. The number of hydrogen-bond acceptors (Lipinski definition) is 4. The van der Waals surface area contributed by atoms with Crippen molar-refractivity contribution < 1.29 is 13.2 Å². The summed E-state index contributed by atoms with van der Waals surface area (Å²) in [7, 11) is -3.20. The van der Waals surface area contributed by atoms with E-state index in [2.05, 4.69) is 27.8 Å². The molecule has 1 N–H and O–H groups in total. The van der Waals surface area contributed by atoms with E-state index in [1.165, 1.54) is 17.5 Å². The third-order valence-corrected chi connectivity index (χ3v) is 7.96. The van der Waals surface area contributed by atoms with Crippen molar-refractivity contribution in [1.82, 2.24) is 9.62 Å². The van der Waals surface area contributed by atoms with Crippen molar-refractivity contribution in [3.63, 3.8) is 0 Å². The van der Waals surface area contributed by atoms with Gasteiger partial charge in [-0.3, -0.25) is 0 Å². The summed E-state index contributed by atoms with van der Waals surface area (Å²) < 4.78 is 32.8. The van der Waals surface area contributed by atoms with Crippen molar-refractivity contribution in [3.05, 3.63) is 35.4 Å². The SMILES string of the molecule is CCS(=O)(=O)N[C@@H]1CC2(CCN(C[C@@H]3CCOC3)CC2)c2ccccc21. The second-order valence-corrected chi connectivity index (χ2v) is 10.2. The zero-order chi connectivity index (χ0) is 18.2. The smallest absolute Gasteiger partial charge is 0.211 e. The van der Waals surface area contributed by atoms with Gasteiger partial charge >= 0.3 is 0 Å². The fourth-order valence-electron chi connectivity index (χ4n) is 5.03. The van der Waals surface area contributed by atoms with Gasteiger partial charge < -0.3 is 9.64 Å². The molecule has 2 fully saturated rings. The Kier molecular flexibility index (Phi) is 5.12. The van der Waals surface area contributed by atoms with E-state index in [1.807, 2.05) is 6.07 Å². The number of hydrogen-bond donors (Lipinski definition) is 1. The molecule has 2 heterocycles. The fraction of sp³-hybridized carbons (Fsp3) is 0.700. The molecule has 0 saturated carbocycles. The Morgan fingerprint density at radius 3 is 2.73 bits per heavy atom. The molecule has 6 heteroatoms. The molecule has 0 amide bonds. The zero-order valence-corrected chi connectivity index (χ0v) is 16.4. The molecule has 1 aromatic carbocycles. The molecule has 2 saturated heterocycles. The first kappa shape index (κ1) is 18.4. The fourth-order valence-corrected chi connectivity index (χ4v) is 5.84.